The summed E-state index contributed by atoms with van der Waals surface area (Å²) in [5, 5.41) is 0. The highest BCUT2D eigenvalue weighted by molar-refractivity contribution is 5.99. The third kappa shape index (κ3) is 3.47. The summed E-state index contributed by atoms with van der Waals surface area (Å²) in [6.45, 7) is 3.06. The van der Waals surface area contributed by atoms with Gasteiger partial charge in [0.05, 0.1) is 19.8 Å². The van der Waals surface area contributed by atoms with E-state index in [1.54, 1.807) is 32.4 Å². The molecule has 1 aliphatic heterocycles. The van der Waals surface area contributed by atoms with E-state index in [0.717, 1.165) is 19.6 Å². The minimum Gasteiger partial charge on any atom is -0.497 e. The normalized spacial score (nSPS) is 15.5. The Hall–Kier alpha value is -1.55. The lowest BCUT2D eigenvalue weighted by Gasteiger charge is -2.14. The van der Waals surface area contributed by atoms with E-state index in [9.17, 15) is 4.79 Å². The van der Waals surface area contributed by atoms with Crippen molar-refractivity contribution in [2.45, 2.75) is 19.3 Å². The van der Waals surface area contributed by atoms with E-state index in [-0.39, 0.29) is 5.78 Å². The number of ketones is 1. The average molecular weight is 263 g/mol. The summed E-state index contributed by atoms with van der Waals surface area (Å²) < 4.78 is 10.4. The van der Waals surface area contributed by atoms with Crippen LogP contribution in [-0.4, -0.2) is 44.5 Å². The SMILES string of the molecule is COc1ccc(OC)c(C(=O)CCN2CCCC2)c1. The molecule has 0 bridgehead atoms. The van der Waals surface area contributed by atoms with Gasteiger partial charge in [-0.15, -0.1) is 0 Å². The van der Waals surface area contributed by atoms with E-state index in [4.69, 9.17) is 9.47 Å². The Morgan fingerprint density at radius 3 is 2.58 bits per heavy atom. The smallest absolute Gasteiger partial charge is 0.168 e. The van der Waals surface area contributed by atoms with Crippen molar-refractivity contribution in [1.29, 1.82) is 0 Å². The first-order valence-electron chi connectivity index (χ1n) is 6.72. The third-order valence-electron chi connectivity index (χ3n) is 3.56. The van der Waals surface area contributed by atoms with Crippen molar-refractivity contribution in [3.05, 3.63) is 23.8 Å². The van der Waals surface area contributed by atoms with Crippen molar-refractivity contribution >= 4 is 5.78 Å². The lowest BCUT2D eigenvalue weighted by molar-refractivity contribution is 0.0965. The lowest BCUT2D eigenvalue weighted by Crippen LogP contribution is -2.22. The maximum Gasteiger partial charge on any atom is 0.168 e. The van der Waals surface area contributed by atoms with Gasteiger partial charge in [-0.2, -0.15) is 0 Å². The third-order valence-corrected chi connectivity index (χ3v) is 3.56. The molecule has 4 heteroatoms. The number of Topliss-reactive ketones (excluding diaryl/α,β-unsaturated/α-hetero) is 1. The van der Waals surface area contributed by atoms with E-state index in [1.807, 2.05) is 0 Å². The lowest BCUT2D eigenvalue weighted by atomic mass is 10.1. The van der Waals surface area contributed by atoms with Gasteiger partial charge < -0.3 is 14.4 Å². The Morgan fingerprint density at radius 1 is 1.21 bits per heavy atom. The van der Waals surface area contributed by atoms with E-state index < -0.39 is 0 Å². The molecule has 0 radical (unpaired) electrons. The summed E-state index contributed by atoms with van der Waals surface area (Å²) in [5.41, 5.74) is 0.612. The van der Waals surface area contributed by atoms with Crippen LogP contribution in [0.5, 0.6) is 11.5 Å². The van der Waals surface area contributed by atoms with Gasteiger partial charge in [0.2, 0.25) is 0 Å². The van der Waals surface area contributed by atoms with Crippen LogP contribution >= 0.6 is 0 Å². The Labute approximate surface area is 114 Å². The number of rotatable bonds is 6. The number of benzene rings is 1. The number of carbonyl (C=O) groups excluding carboxylic acids is 1. The predicted octanol–water partition coefficient (Wildman–Crippen LogP) is 2.37. The zero-order valence-corrected chi connectivity index (χ0v) is 11.6. The van der Waals surface area contributed by atoms with Crippen LogP contribution in [0.1, 0.15) is 29.6 Å². The molecule has 1 heterocycles. The molecule has 4 nitrogen and oxygen atoms in total. The Bertz CT molecular complexity index is 439. The molecule has 1 fully saturated rings. The fourth-order valence-electron chi connectivity index (χ4n) is 2.43. The molecule has 0 aliphatic carbocycles. The first kappa shape index (κ1) is 13.9. The number of likely N-dealkylation sites (tertiary alicyclic amines) is 1. The van der Waals surface area contributed by atoms with Crippen molar-refractivity contribution in [3.63, 3.8) is 0 Å². The van der Waals surface area contributed by atoms with Crippen LogP contribution in [0.25, 0.3) is 0 Å². The Morgan fingerprint density at radius 2 is 1.95 bits per heavy atom. The van der Waals surface area contributed by atoms with Crippen LogP contribution in [0.3, 0.4) is 0 Å². The number of hydrogen-bond acceptors (Lipinski definition) is 4. The number of hydrogen-bond donors (Lipinski definition) is 0. The van der Waals surface area contributed by atoms with Crippen LogP contribution in [0.2, 0.25) is 0 Å². The molecule has 0 saturated carbocycles. The molecule has 0 spiro atoms. The summed E-state index contributed by atoms with van der Waals surface area (Å²) in [6, 6.07) is 5.34. The molecule has 19 heavy (non-hydrogen) atoms. The van der Waals surface area contributed by atoms with Gasteiger partial charge in [-0.3, -0.25) is 4.79 Å². The molecule has 0 unspecified atom stereocenters. The van der Waals surface area contributed by atoms with E-state index >= 15 is 0 Å². The highest BCUT2D eigenvalue weighted by Gasteiger charge is 2.17. The first-order chi connectivity index (χ1) is 9.24. The topological polar surface area (TPSA) is 38.8 Å². The molecular weight excluding hydrogens is 242 g/mol. The second-order valence-electron chi connectivity index (χ2n) is 4.79. The number of nitrogens with zero attached hydrogens (tertiary/aromatic N) is 1. The van der Waals surface area contributed by atoms with Crippen molar-refractivity contribution in [2.75, 3.05) is 33.9 Å². The Balaban J connectivity index is 2.03. The zero-order valence-electron chi connectivity index (χ0n) is 11.6. The van der Waals surface area contributed by atoms with Gasteiger partial charge in [-0.25, -0.2) is 0 Å². The van der Waals surface area contributed by atoms with Gasteiger partial charge in [0.15, 0.2) is 5.78 Å². The van der Waals surface area contributed by atoms with Crippen molar-refractivity contribution in [1.82, 2.24) is 4.90 Å². The monoisotopic (exact) mass is 263 g/mol. The molecule has 1 aromatic carbocycles. The minimum absolute atomic E-state index is 0.114. The molecule has 0 amide bonds. The predicted molar refractivity (Wildman–Crippen MR) is 74.2 cm³/mol. The van der Waals surface area contributed by atoms with Gasteiger partial charge in [-0.05, 0) is 44.1 Å². The molecule has 1 aliphatic rings. The van der Waals surface area contributed by atoms with Crippen molar-refractivity contribution in [2.24, 2.45) is 0 Å². The molecule has 1 aromatic rings. The fourth-order valence-corrected chi connectivity index (χ4v) is 2.43. The van der Waals surface area contributed by atoms with E-state index in [0.29, 0.717) is 23.5 Å². The minimum atomic E-state index is 0.114. The fraction of sp³-hybridized carbons (Fsp3) is 0.533. The summed E-state index contributed by atoms with van der Waals surface area (Å²) >= 11 is 0. The molecule has 0 atom stereocenters. The van der Waals surface area contributed by atoms with Crippen LogP contribution in [0, 0.1) is 0 Å². The summed E-state index contributed by atoms with van der Waals surface area (Å²) in [6.07, 6.45) is 3.02. The van der Waals surface area contributed by atoms with E-state index in [1.165, 1.54) is 12.8 Å². The van der Waals surface area contributed by atoms with Crippen LogP contribution in [0.4, 0.5) is 0 Å². The summed E-state index contributed by atoms with van der Waals surface area (Å²) in [5.74, 6) is 1.42. The van der Waals surface area contributed by atoms with Gasteiger partial charge in [0, 0.05) is 13.0 Å². The second-order valence-corrected chi connectivity index (χ2v) is 4.79. The Kier molecular flexibility index (Phi) is 4.80. The zero-order chi connectivity index (χ0) is 13.7. The van der Waals surface area contributed by atoms with Crippen LogP contribution in [0.15, 0.2) is 18.2 Å². The van der Waals surface area contributed by atoms with Crippen LogP contribution < -0.4 is 9.47 Å². The highest BCUT2D eigenvalue weighted by atomic mass is 16.5. The maximum atomic E-state index is 12.3. The molecule has 1 saturated heterocycles. The highest BCUT2D eigenvalue weighted by Crippen LogP contribution is 2.25. The molecule has 2 rings (SSSR count). The van der Waals surface area contributed by atoms with Crippen molar-refractivity contribution < 1.29 is 14.3 Å². The maximum absolute atomic E-state index is 12.3. The number of carbonyl (C=O) groups is 1. The largest absolute Gasteiger partial charge is 0.497 e. The molecule has 0 N–H and O–H groups in total. The van der Waals surface area contributed by atoms with Gasteiger partial charge in [0.1, 0.15) is 11.5 Å². The van der Waals surface area contributed by atoms with Crippen molar-refractivity contribution in [3.8, 4) is 11.5 Å². The summed E-state index contributed by atoms with van der Waals surface area (Å²) in [7, 11) is 3.18. The second kappa shape index (κ2) is 6.57. The van der Waals surface area contributed by atoms with E-state index in [2.05, 4.69) is 4.90 Å². The van der Waals surface area contributed by atoms with Gasteiger partial charge >= 0.3 is 0 Å². The molecule has 0 aromatic heterocycles. The molecular formula is C15H21NO3. The number of ether oxygens (including phenoxy) is 2. The number of methoxy groups -OCH3 is 2. The molecule has 104 valence electrons. The first-order valence-corrected chi connectivity index (χ1v) is 6.72. The summed E-state index contributed by atoms with van der Waals surface area (Å²) in [4.78, 5) is 14.6. The van der Waals surface area contributed by atoms with Crippen LogP contribution in [-0.2, 0) is 0 Å². The average Bonchev–Trinajstić information content (AvgIpc) is 2.97. The van der Waals surface area contributed by atoms with Gasteiger partial charge in [0.25, 0.3) is 0 Å². The quantitative estimate of drug-likeness (QED) is 0.739. The van der Waals surface area contributed by atoms with Gasteiger partial charge in [-0.1, -0.05) is 0 Å². The standard InChI is InChI=1S/C15H21NO3/c1-18-12-5-6-15(19-2)13(11-12)14(17)7-10-16-8-3-4-9-16/h5-6,11H,3-4,7-10H2,1-2H3.